The Kier molecular flexibility index (Phi) is 2.73. The Morgan fingerprint density at radius 3 is 3.07 bits per heavy atom. The molecule has 1 unspecified atom stereocenters. The van der Waals surface area contributed by atoms with E-state index in [9.17, 15) is 4.79 Å². The van der Waals surface area contributed by atoms with Crippen molar-refractivity contribution < 1.29 is 4.79 Å². The van der Waals surface area contributed by atoms with E-state index in [1.807, 2.05) is 24.9 Å². The third-order valence-electron chi connectivity index (χ3n) is 2.84. The zero-order chi connectivity index (χ0) is 10.8. The fourth-order valence-electron chi connectivity index (χ4n) is 1.99. The summed E-state index contributed by atoms with van der Waals surface area (Å²) in [4.78, 5) is 17.7. The lowest BCUT2D eigenvalue weighted by Crippen LogP contribution is -2.25. The molecule has 1 amide bonds. The summed E-state index contributed by atoms with van der Waals surface area (Å²) in [6, 6.07) is -0.0548. The smallest absolute Gasteiger partial charge is 0.245 e. The van der Waals surface area contributed by atoms with E-state index in [0.29, 0.717) is 0 Å². The van der Waals surface area contributed by atoms with Crippen molar-refractivity contribution in [3.63, 3.8) is 0 Å². The molecule has 1 fully saturated rings. The van der Waals surface area contributed by atoms with Gasteiger partial charge in [-0.3, -0.25) is 4.79 Å². The molecule has 2 heterocycles. The summed E-state index contributed by atoms with van der Waals surface area (Å²) in [6.45, 7) is 1.58. The summed E-state index contributed by atoms with van der Waals surface area (Å²) in [6.07, 6.45) is 4.43. The number of amides is 1. The van der Waals surface area contributed by atoms with Crippen molar-refractivity contribution in [3.8, 4) is 0 Å². The van der Waals surface area contributed by atoms with Crippen LogP contribution >= 0.6 is 0 Å². The van der Waals surface area contributed by atoms with Crippen LogP contribution in [-0.4, -0.2) is 41.0 Å². The van der Waals surface area contributed by atoms with E-state index < -0.39 is 0 Å². The van der Waals surface area contributed by atoms with E-state index in [2.05, 4.69) is 10.3 Å². The van der Waals surface area contributed by atoms with Gasteiger partial charge in [-0.25, -0.2) is 4.98 Å². The van der Waals surface area contributed by atoms with Crippen LogP contribution in [0.4, 0.5) is 0 Å². The maximum Gasteiger partial charge on any atom is 0.245 e. The van der Waals surface area contributed by atoms with Crippen LogP contribution in [0.5, 0.6) is 0 Å². The van der Waals surface area contributed by atoms with Gasteiger partial charge in [-0.05, 0) is 13.5 Å². The highest BCUT2D eigenvalue weighted by molar-refractivity contribution is 5.82. The van der Waals surface area contributed by atoms with Crippen molar-refractivity contribution in [1.29, 1.82) is 0 Å². The zero-order valence-electron chi connectivity index (χ0n) is 9.10. The van der Waals surface area contributed by atoms with Gasteiger partial charge in [-0.15, -0.1) is 0 Å². The van der Waals surface area contributed by atoms with E-state index >= 15 is 0 Å². The van der Waals surface area contributed by atoms with E-state index in [1.54, 1.807) is 11.2 Å². The first kappa shape index (κ1) is 10.2. The zero-order valence-corrected chi connectivity index (χ0v) is 9.10. The Morgan fingerprint density at radius 2 is 2.47 bits per heavy atom. The normalized spacial score (nSPS) is 21.3. The number of likely N-dealkylation sites (tertiary alicyclic amines) is 1. The number of aromatic nitrogens is 2. The monoisotopic (exact) mass is 208 g/mol. The SMILES string of the molecule is CNCc1cncn1C1CCN(C)C1=O. The van der Waals surface area contributed by atoms with Crippen LogP contribution in [0.25, 0.3) is 0 Å². The van der Waals surface area contributed by atoms with Gasteiger partial charge in [-0.2, -0.15) is 0 Å². The summed E-state index contributed by atoms with van der Waals surface area (Å²) < 4.78 is 1.97. The van der Waals surface area contributed by atoms with Gasteiger partial charge in [0.1, 0.15) is 6.04 Å². The molecular weight excluding hydrogens is 192 g/mol. The minimum absolute atomic E-state index is 0.0548. The number of nitrogens with zero attached hydrogens (tertiary/aromatic N) is 3. The minimum atomic E-state index is -0.0548. The summed E-state index contributed by atoms with van der Waals surface area (Å²) in [5.41, 5.74) is 1.06. The molecule has 5 nitrogen and oxygen atoms in total. The number of carbonyl (C=O) groups excluding carboxylic acids is 1. The van der Waals surface area contributed by atoms with Gasteiger partial charge in [0.05, 0.1) is 12.0 Å². The van der Waals surface area contributed by atoms with E-state index in [-0.39, 0.29) is 11.9 Å². The maximum atomic E-state index is 11.8. The molecule has 0 bridgehead atoms. The number of nitrogens with one attached hydrogen (secondary N) is 1. The molecule has 82 valence electrons. The summed E-state index contributed by atoms with van der Waals surface area (Å²) in [7, 11) is 3.73. The average molecular weight is 208 g/mol. The molecule has 1 aliphatic rings. The number of carbonyl (C=O) groups is 1. The molecule has 5 heteroatoms. The van der Waals surface area contributed by atoms with Crippen molar-refractivity contribution in [1.82, 2.24) is 19.8 Å². The van der Waals surface area contributed by atoms with Crippen LogP contribution < -0.4 is 5.32 Å². The third-order valence-corrected chi connectivity index (χ3v) is 2.84. The van der Waals surface area contributed by atoms with E-state index in [0.717, 1.165) is 25.2 Å². The highest BCUT2D eigenvalue weighted by Gasteiger charge is 2.31. The number of hydrogen-bond acceptors (Lipinski definition) is 3. The second kappa shape index (κ2) is 4.02. The lowest BCUT2D eigenvalue weighted by molar-refractivity contribution is -0.129. The van der Waals surface area contributed by atoms with Gasteiger partial charge in [0.25, 0.3) is 0 Å². The minimum Gasteiger partial charge on any atom is -0.344 e. The first-order chi connectivity index (χ1) is 7.24. The molecule has 0 saturated carbocycles. The molecule has 1 aliphatic heterocycles. The molecule has 1 saturated heterocycles. The highest BCUT2D eigenvalue weighted by Crippen LogP contribution is 2.23. The summed E-state index contributed by atoms with van der Waals surface area (Å²) >= 11 is 0. The van der Waals surface area contributed by atoms with Gasteiger partial charge >= 0.3 is 0 Å². The molecular formula is C10H16N4O. The topological polar surface area (TPSA) is 50.2 Å². The molecule has 1 N–H and O–H groups in total. The van der Waals surface area contributed by atoms with Crippen molar-refractivity contribution >= 4 is 5.91 Å². The summed E-state index contributed by atoms with van der Waals surface area (Å²) in [5.74, 6) is 0.186. The standard InChI is InChI=1S/C10H16N4O/c1-11-5-8-6-12-7-14(8)9-3-4-13(2)10(9)15/h6-7,9,11H,3-5H2,1-2H3. The third kappa shape index (κ3) is 1.74. The van der Waals surface area contributed by atoms with Crippen LogP contribution in [0.3, 0.4) is 0 Å². The molecule has 2 rings (SSSR count). The second-order valence-electron chi connectivity index (χ2n) is 3.89. The molecule has 0 aromatic carbocycles. The fourth-order valence-corrected chi connectivity index (χ4v) is 1.99. The highest BCUT2D eigenvalue weighted by atomic mass is 16.2. The van der Waals surface area contributed by atoms with Crippen molar-refractivity contribution in [2.45, 2.75) is 19.0 Å². The van der Waals surface area contributed by atoms with Gasteiger partial charge in [0, 0.05) is 26.3 Å². The molecule has 0 spiro atoms. The molecule has 0 radical (unpaired) electrons. The maximum absolute atomic E-state index is 11.8. The first-order valence-electron chi connectivity index (χ1n) is 5.14. The van der Waals surface area contributed by atoms with Gasteiger partial charge in [0.2, 0.25) is 5.91 Å². The van der Waals surface area contributed by atoms with Crippen molar-refractivity contribution in [3.05, 3.63) is 18.2 Å². The number of imidazole rings is 1. The largest absolute Gasteiger partial charge is 0.344 e. The molecule has 15 heavy (non-hydrogen) atoms. The number of likely N-dealkylation sites (N-methyl/N-ethyl adjacent to an activating group) is 1. The Balaban J connectivity index is 2.22. The molecule has 1 aromatic rings. The van der Waals surface area contributed by atoms with Crippen LogP contribution in [0.1, 0.15) is 18.2 Å². The van der Waals surface area contributed by atoms with Gasteiger partial charge in [-0.1, -0.05) is 0 Å². The predicted octanol–water partition coefficient (Wildman–Crippen LogP) is 0.00570. The van der Waals surface area contributed by atoms with Gasteiger partial charge in [0.15, 0.2) is 0 Å². The quantitative estimate of drug-likeness (QED) is 0.761. The number of hydrogen-bond donors (Lipinski definition) is 1. The first-order valence-corrected chi connectivity index (χ1v) is 5.14. The second-order valence-corrected chi connectivity index (χ2v) is 3.89. The van der Waals surface area contributed by atoms with Crippen molar-refractivity contribution in [2.75, 3.05) is 20.6 Å². The van der Waals surface area contributed by atoms with Crippen LogP contribution in [0.15, 0.2) is 12.5 Å². The van der Waals surface area contributed by atoms with Crippen LogP contribution in [0, 0.1) is 0 Å². The van der Waals surface area contributed by atoms with Crippen LogP contribution in [-0.2, 0) is 11.3 Å². The Hall–Kier alpha value is -1.36. The molecule has 1 atom stereocenters. The van der Waals surface area contributed by atoms with E-state index in [4.69, 9.17) is 0 Å². The average Bonchev–Trinajstić information content (AvgIpc) is 2.77. The molecule has 1 aromatic heterocycles. The van der Waals surface area contributed by atoms with Crippen LogP contribution in [0.2, 0.25) is 0 Å². The fraction of sp³-hybridized carbons (Fsp3) is 0.600. The van der Waals surface area contributed by atoms with E-state index in [1.165, 1.54) is 0 Å². The molecule has 0 aliphatic carbocycles. The lowest BCUT2D eigenvalue weighted by Gasteiger charge is -2.14. The van der Waals surface area contributed by atoms with Crippen molar-refractivity contribution in [2.24, 2.45) is 0 Å². The summed E-state index contributed by atoms with van der Waals surface area (Å²) in [5, 5.41) is 3.07. The Morgan fingerprint density at radius 1 is 1.67 bits per heavy atom. The predicted molar refractivity (Wildman–Crippen MR) is 56.3 cm³/mol. The Bertz CT molecular complexity index is 360. The van der Waals surface area contributed by atoms with Gasteiger partial charge < -0.3 is 14.8 Å². The number of rotatable bonds is 3. The Labute approximate surface area is 89.1 Å². The lowest BCUT2D eigenvalue weighted by atomic mass is 10.2.